The SMILES string of the molecule is C=C(O)Cc1c(C)c2c3c(cc(C)n3CCN2CCN2C(C)CCC2CCC)c1-c1ccc(C)cc1.CC(C)(C)O. The third-order valence-corrected chi connectivity index (χ3v) is 8.74. The first-order valence-corrected chi connectivity index (χ1v) is 15.6. The minimum Gasteiger partial charge on any atom is -0.513 e. The molecule has 5 rings (SSSR count). The molecule has 0 bridgehead atoms. The summed E-state index contributed by atoms with van der Waals surface area (Å²) in [5.41, 5.74) is 9.75. The van der Waals surface area contributed by atoms with E-state index in [1.54, 1.807) is 20.8 Å². The van der Waals surface area contributed by atoms with Crippen molar-refractivity contribution < 1.29 is 10.2 Å². The van der Waals surface area contributed by atoms with Crippen LogP contribution in [-0.4, -0.2) is 57.0 Å². The van der Waals surface area contributed by atoms with Crippen molar-refractivity contribution in [3.63, 3.8) is 0 Å². The standard InChI is InChI=1S/C32H43N3O.C4H10O/c1-7-8-27-14-11-22(3)34(27)17-15-33-16-18-35-23(4)19-29-30(26-12-9-21(2)10-13-26)28(20-24(5)36)25(6)31(33)32(29)35;1-4(2,3)5/h9-10,12-13,19,22,27,36H,5,7-8,11,14-18,20H2,1-4,6H3;5H,1-3H3. The molecule has 1 fully saturated rings. The Balaban J connectivity index is 0.000000714. The van der Waals surface area contributed by atoms with Gasteiger partial charge in [0.25, 0.3) is 0 Å². The summed E-state index contributed by atoms with van der Waals surface area (Å²) in [5, 5.41) is 20.2. The molecular formula is C36H53N3O2. The Morgan fingerprint density at radius 1 is 1.02 bits per heavy atom. The maximum absolute atomic E-state index is 10.4. The van der Waals surface area contributed by atoms with E-state index in [1.807, 2.05) is 0 Å². The van der Waals surface area contributed by atoms with E-state index in [-0.39, 0.29) is 5.76 Å². The smallest absolute Gasteiger partial charge is 0.0895 e. The van der Waals surface area contributed by atoms with Gasteiger partial charge in [0.15, 0.2) is 0 Å². The second kappa shape index (κ2) is 12.6. The average molecular weight is 560 g/mol. The van der Waals surface area contributed by atoms with Gasteiger partial charge in [0.1, 0.15) is 0 Å². The Morgan fingerprint density at radius 2 is 1.68 bits per heavy atom. The number of aromatic nitrogens is 1. The van der Waals surface area contributed by atoms with E-state index in [0.29, 0.717) is 12.5 Å². The minimum absolute atomic E-state index is 0.227. The number of allylic oxidation sites excluding steroid dienone is 1. The molecule has 0 saturated carbocycles. The van der Waals surface area contributed by atoms with Gasteiger partial charge in [0, 0.05) is 55.8 Å². The molecular weight excluding hydrogens is 506 g/mol. The van der Waals surface area contributed by atoms with Crippen LogP contribution in [-0.2, 0) is 13.0 Å². The molecule has 2 atom stereocenters. The van der Waals surface area contributed by atoms with Crippen molar-refractivity contribution in [3.05, 3.63) is 65.1 Å². The van der Waals surface area contributed by atoms with Crippen LogP contribution in [0.15, 0.2) is 42.7 Å². The van der Waals surface area contributed by atoms with Crippen molar-refractivity contribution in [1.82, 2.24) is 9.47 Å². The number of benzene rings is 2. The van der Waals surface area contributed by atoms with Crippen molar-refractivity contribution in [2.24, 2.45) is 0 Å². The van der Waals surface area contributed by atoms with Crippen LogP contribution in [0.1, 0.15) is 82.7 Å². The molecule has 0 radical (unpaired) electrons. The summed E-state index contributed by atoms with van der Waals surface area (Å²) in [5.74, 6) is 0.227. The lowest BCUT2D eigenvalue weighted by Crippen LogP contribution is -2.43. The van der Waals surface area contributed by atoms with Crippen LogP contribution in [0.3, 0.4) is 0 Å². The van der Waals surface area contributed by atoms with Gasteiger partial charge in [-0.3, -0.25) is 4.90 Å². The van der Waals surface area contributed by atoms with Crippen LogP contribution in [0.5, 0.6) is 0 Å². The molecule has 3 heterocycles. The van der Waals surface area contributed by atoms with Gasteiger partial charge in [-0.1, -0.05) is 49.8 Å². The lowest BCUT2D eigenvalue weighted by Gasteiger charge is -2.37. The highest BCUT2D eigenvalue weighted by Crippen LogP contribution is 2.45. The predicted octanol–water partition coefficient (Wildman–Crippen LogP) is 8.10. The summed E-state index contributed by atoms with van der Waals surface area (Å²) in [7, 11) is 0. The second-order valence-electron chi connectivity index (χ2n) is 13.4. The van der Waals surface area contributed by atoms with E-state index in [9.17, 15) is 5.11 Å². The number of aliphatic hydroxyl groups is 2. The Hall–Kier alpha value is -2.76. The highest BCUT2D eigenvalue weighted by molar-refractivity contribution is 6.06. The number of likely N-dealkylation sites (tertiary alicyclic amines) is 1. The summed E-state index contributed by atoms with van der Waals surface area (Å²) in [4.78, 5) is 5.40. The second-order valence-corrected chi connectivity index (χ2v) is 13.4. The van der Waals surface area contributed by atoms with E-state index in [4.69, 9.17) is 5.11 Å². The minimum atomic E-state index is -0.500. The summed E-state index contributed by atoms with van der Waals surface area (Å²) in [6.07, 6.45) is 5.72. The van der Waals surface area contributed by atoms with Gasteiger partial charge in [0.2, 0.25) is 0 Å². The first-order valence-electron chi connectivity index (χ1n) is 15.6. The van der Waals surface area contributed by atoms with Gasteiger partial charge in [-0.25, -0.2) is 0 Å². The van der Waals surface area contributed by atoms with E-state index in [0.717, 1.165) is 32.2 Å². The van der Waals surface area contributed by atoms with Crippen LogP contribution >= 0.6 is 0 Å². The fourth-order valence-corrected chi connectivity index (χ4v) is 6.91. The maximum Gasteiger partial charge on any atom is 0.0895 e. The third kappa shape index (κ3) is 7.01. The van der Waals surface area contributed by atoms with Crippen molar-refractivity contribution >= 4 is 16.6 Å². The molecule has 5 nitrogen and oxygen atoms in total. The summed E-state index contributed by atoms with van der Waals surface area (Å²) in [6, 6.07) is 12.6. The number of hydrogen-bond acceptors (Lipinski definition) is 4. The van der Waals surface area contributed by atoms with Crippen molar-refractivity contribution in [2.45, 2.75) is 112 Å². The van der Waals surface area contributed by atoms with Gasteiger partial charge < -0.3 is 19.7 Å². The molecule has 0 spiro atoms. The first-order chi connectivity index (χ1) is 19.3. The lowest BCUT2D eigenvalue weighted by atomic mass is 9.88. The first kappa shape index (κ1) is 31.2. The van der Waals surface area contributed by atoms with Crippen LogP contribution in [0.2, 0.25) is 0 Å². The van der Waals surface area contributed by atoms with Crippen molar-refractivity contribution in [3.8, 4) is 11.1 Å². The summed E-state index contributed by atoms with van der Waals surface area (Å²) < 4.78 is 2.52. The van der Waals surface area contributed by atoms with Crippen LogP contribution in [0.4, 0.5) is 5.69 Å². The molecule has 2 aliphatic heterocycles. The molecule has 224 valence electrons. The highest BCUT2D eigenvalue weighted by atomic mass is 16.3. The highest BCUT2D eigenvalue weighted by Gasteiger charge is 2.32. The van der Waals surface area contributed by atoms with Gasteiger partial charge in [0.05, 0.1) is 22.6 Å². The number of rotatable bonds is 8. The topological polar surface area (TPSA) is 51.9 Å². The quantitative estimate of drug-likeness (QED) is 0.274. The normalized spacial score (nSPS) is 19.0. The fraction of sp³-hybridized carbons (Fsp3) is 0.556. The fourth-order valence-electron chi connectivity index (χ4n) is 6.91. The van der Waals surface area contributed by atoms with E-state index in [1.165, 1.54) is 75.8 Å². The number of aryl methyl sites for hydroxylation is 2. The zero-order chi connectivity index (χ0) is 30.1. The summed E-state index contributed by atoms with van der Waals surface area (Å²) in [6.45, 7) is 24.7. The Bertz CT molecular complexity index is 1350. The molecule has 2 aliphatic rings. The van der Waals surface area contributed by atoms with Crippen LogP contribution in [0, 0.1) is 20.8 Å². The molecule has 2 aromatic carbocycles. The summed E-state index contributed by atoms with van der Waals surface area (Å²) >= 11 is 0. The molecule has 3 aromatic rings. The van der Waals surface area contributed by atoms with E-state index < -0.39 is 5.60 Å². The molecule has 0 amide bonds. The molecule has 2 unspecified atom stereocenters. The zero-order valence-corrected chi connectivity index (χ0v) is 26.8. The predicted molar refractivity (Wildman–Crippen MR) is 175 cm³/mol. The molecule has 41 heavy (non-hydrogen) atoms. The monoisotopic (exact) mass is 559 g/mol. The van der Waals surface area contributed by atoms with E-state index in [2.05, 4.69) is 85.9 Å². The Kier molecular flexibility index (Phi) is 9.60. The molecule has 2 N–H and O–H groups in total. The lowest BCUT2D eigenvalue weighted by molar-refractivity contribution is 0.102. The van der Waals surface area contributed by atoms with Gasteiger partial charge in [-0.05, 0) is 96.0 Å². The third-order valence-electron chi connectivity index (χ3n) is 8.74. The largest absolute Gasteiger partial charge is 0.513 e. The number of anilines is 1. The average Bonchev–Trinajstić information content (AvgIpc) is 3.40. The number of hydrogen-bond donors (Lipinski definition) is 2. The van der Waals surface area contributed by atoms with Crippen molar-refractivity contribution in [1.29, 1.82) is 0 Å². The zero-order valence-electron chi connectivity index (χ0n) is 26.8. The van der Waals surface area contributed by atoms with Gasteiger partial charge >= 0.3 is 0 Å². The molecule has 0 aliphatic carbocycles. The van der Waals surface area contributed by atoms with Crippen molar-refractivity contribution in [2.75, 3.05) is 24.5 Å². The molecule has 1 aromatic heterocycles. The maximum atomic E-state index is 10.4. The molecule has 1 saturated heterocycles. The van der Waals surface area contributed by atoms with Crippen LogP contribution in [0.25, 0.3) is 22.0 Å². The Labute approximate surface area is 248 Å². The molecule has 5 heteroatoms. The van der Waals surface area contributed by atoms with E-state index >= 15 is 0 Å². The Morgan fingerprint density at radius 3 is 2.29 bits per heavy atom. The van der Waals surface area contributed by atoms with Crippen LogP contribution < -0.4 is 4.90 Å². The van der Waals surface area contributed by atoms with Gasteiger partial charge in [-0.15, -0.1) is 0 Å². The number of aliphatic hydroxyl groups excluding tert-OH is 1. The van der Waals surface area contributed by atoms with Gasteiger partial charge in [-0.2, -0.15) is 0 Å². The number of nitrogens with zero attached hydrogens (tertiary/aromatic N) is 3.